The molecule has 1 aliphatic heterocycles. The van der Waals surface area contributed by atoms with Crippen LogP contribution in [0, 0.1) is 0 Å². The second kappa shape index (κ2) is 4.63. The minimum atomic E-state index is 0.373. The summed E-state index contributed by atoms with van der Waals surface area (Å²) in [6.45, 7) is 1.09. The fraction of sp³-hybridized carbons (Fsp3) is 0.467. The van der Waals surface area contributed by atoms with Gasteiger partial charge in [0, 0.05) is 12.6 Å². The molecule has 0 radical (unpaired) electrons. The Balaban J connectivity index is 1.90. The predicted molar refractivity (Wildman–Crippen MR) is 70.8 cm³/mol. The van der Waals surface area contributed by atoms with Gasteiger partial charge in [-0.25, -0.2) is 0 Å². The summed E-state index contributed by atoms with van der Waals surface area (Å²) in [5.74, 6) is 0. The highest BCUT2D eigenvalue weighted by atomic mass is 14.9. The summed E-state index contributed by atoms with van der Waals surface area (Å²) in [6.07, 6.45) is 6.82. The number of nitrogens with one attached hydrogen (secondary N) is 1. The molecule has 0 fully saturated rings. The van der Waals surface area contributed by atoms with Crippen LogP contribution in [0.3, 0.4) is 0 Å². The van der Waals surface area contributed by atoms with E-state index in [0.717, 1.165) is 32.2 Å². The van der Waals surface area contributed by atoms with Crippen LogP contribution in [0.5, 0.6) is 0 Å². The highest BCUT2D eigenvalue weighted by Gasteiger charge is 2.24. The maximum absolute atomic E-state index is 5.96. The average Bonchev–Trinajstić information content (AvgIpc) is 2.39. The average molecular weight is 228 g/mol. The van der Waals surface area contributed by atoms with Crippen LogP contribution in [0.25, 0.3) is 0 Å². The van der Waals surface area contributed by atoms with Crippen LogP contribution in [-0.2, 0) is 6.42 Å². The third kappa shape index (κ3) is 2.15. The van der Waals surface area contributed by atoms with Gasteiger partial charge < -0.3 is 11.1 Å². The highest BCUT2D eigenvalue weighted by Crippen LogP contribution is 2.33. The van der Waals surface area contributed by atoms with E-state index < -0.39 is 0 Å². The van der Waals surface area contributed by atoms with Crippen molar-refractivity contribution in [1.82, 2.24) is 5.32 Å². The van der Waals surface area contributed by atoms with Gasteiger partial charge in [0.05, 0.1) is 6.04 Å². The van der Waals surface area contributed by atoms with Crippen LogP contribution in [0.1, 0.15) is 36.4 Å². The molecule has 90 valence electrons. The molecule has 3 N–H and O–H groups in total. The van der Waals surface area contributed by atoms with Crippen molar-refractivity contribution in [2.75, 3.05) is 6.54 Å². The van der Waals surface area contributed by atoms with Crippen LogP contribution in [0.2, 0.25) is 0 Å². The van der Waals surface area contributed by atoms with Crippen molar-refractivity contribution >= 4 is 0 Å². The van der Waals surface area contributed by atoms with Crippen molar-refractivity contribution < 1.29 is 0 Å². The fourth-order valence-electron chi connectivity index (χ4n) is 2.97. The SMILES string of the molecule is NC1CC=C(C2NCCc3ccccc32)CC1. The smallest absolute Gasteiger partial charge is 0.0538 e. The molecule has 2 nitrogen and oxygen atoms in total. The number of hydrogen-bond acceptors (Lipinski definition) is 2. The zero-order valence-electron chi connectivity index (χ0n) is 10.2. The summed E-state index contributed by atoms with van der Waals surface area (Å²) in [6, 6.07) is 9.63. The molecular weight excluding hydrogens is 208 g/mol. The highest BCUT2D eigenvalue weighted by molar-refractivity contribution is 5.38. The van der Waals surface area contributed by atoms with Gasteiger partial charge in [-0.05, 0) is 36.8 Å². The van der Waals surface area contributed by atoms with Crippen molar-refractivity contribution in [3.63, 3.8) is 0 Å². The van der Waals surface area contributed by atoms with Crippen molar-refractivity contribution in [2.24, 2.45) is 5.73 Å². The van der Waals surface area contributed by atoms with Crippen molar-refractivity contribution in [1.29, 1.82) is 0 Å². The molecule has 1 aliphatic carbocycles. The third-order valence-electron chi connectivity index (χ3n) is 3.97. The summed E-state index contributed by atoms with van der Waals surface area (Å²) in [5, 5.41) is 3.65. The lowest BCUT2D eigenvalue weighted by Gasteiger charge is -2.31. The topological polar surface area (TPSA) is 38.0 Å². The minimum Gasteiger partial charge on any atom is -0.327 e. The molecule has 2 aliphatic rings. The standard InChI is InChI=1S/C15H20N2/c16-13-7-5-12(6-8-13)15-14-4-2-1-3-11(14)9-10-17-15/h1-5,13,15,17H,6-10,16H2. The van der Waals surface area contributed by atoms with Crippen LogP contribution in [0.4, 0.5) is 0 Å². The van der Waals surface area contributed by atoms with Crippen LogP contribution < -0.4 is 11.1 Å². The van der Waals surface area contributed by atoms with Crippen LogP contribution in [0.15, 0.2) is 35.9 Å². The first-order chi connectivity index (χ1) is 8.34. The Bertz CT molecular complexity index is 436. The van der Waals surface area contributed by atoms with Crippen LogP contribution in [-0.4, -0.2) is 12.6 Å². The van der Waals surface area contributed by atoms with E-state index >= 15 is 0 Å². The molecule has 0 aromatic heterocycles. The van der Waals surface area contributed by atoms with E-state index in [1.165, 1.54) is 11.1 Å². The third-order valence-corrected chi connectivity index (χ3v) is 3.97. The summed E-state index contributed by atoms with van der Waals surface area (Å²) >= 11 is 0. The molecular formula is C15H20N2. The molecule has 2 unspecified atom stereocenters. The Morgan fingerprint density at radius 1 is 1.18 bits per heavy atom. The molecule has 1 aromatic carbocycles. The Kier molecular flexibility index (Phi) is 3.00. The van der Waals surface area contributed by atoms with Gasteiger partial charge in [0.25, 0.3) is 0 Å². The van der Waals surface area contributed by atoms with Gasteiger partial charge >= 0.3 is 0 Å². The van der Waals surface area contributed by atoms with E-state index in [9.17, 15) is 0 Å². The lowest BCUT2D eigenvalue weighted by atomic mass is 9.84. The molecule has 0 amide bonds. The van der Waals surface area contributed by atoms with Crippen molar-refractivity contribution in [2.45, 2.75) is 37.8 Å². The summed E-state index contributed by atoms with van der Waals surface area (Å²) in [4.78, 5) is 0. The molecule has 1 heterocycles. The summed E-state index contributed by atoms with van der Waals surface area (Å²) < 4.78 is 0. The maximum atomic E-state index is 5.96. The van der Waals surface area contributed by atoms with E-state index in [0.29, 0.717) is 12.1 Å². The normalized spacial score (nSPS) is 28.4. The second-order valence-corrected chi connectivity index (χ2v) is 5.15. The number of fused-ring (bicyclic) bond motifs is 1. The molecule has 2 heteroatoms. The Hall–Kier alpha value is -1.12. The minimum absolute atomic E-state index is 0.373. The summed E-state index contributed by atoms with van der Waals surface area (Å²) in [5.41, 5.74) is 10.5. The Labute approximate surface area is 103 Å². The van der Waals surface area contributed by atoms with E-state index in [2.05, 4.69) is 35.7 Å². The molecule has 3 rings (SSSR count). The first-order valence-corrected chi connectivity index (χ1v) is 6.60. The van der Waals surface area contributed by atoms with Gasteiger partial charge in [0.15, 0.2) is 0 Å². The first kappa shape index (κ1) is 11.0. The molecule has 1 aromatic rings. The zero-order valence-corrected chi connectivity index (χ0v) is 10.2. The second-order valence-electron chi connectivity index (χ2n) is 5.15. The lowest BCUT2D eigenvalue weighted by molar-refractivity contribution is 0.502. The van der Waals surface area contributed by atoms with Crippen molar-refractivity contribution in [3.8, 4) is 0 Å². The number of nitrogens with two attached hydrogens (primary N) is 1. The van der Waals surface area contributed by atoms with Gasteiger partial charge in [0.1, 0.15) is 0 Å². The number of benzene rings is 1. The lowest BCUT2D eigenvalue weighted by Crippen LogP contribution is -2.33. The Morgan fingerprint density at radius 3 is 2.88 bits per heavy atom. The van der Waals surface area contributed by atoms with Gasteiger partial charge in [-0.1, -0.05) is 35.9 Å². The maximum Gasteiger partial charge on any atom is 0.0538 e. The molecule has 0 saturated heterocycles. The van der Waals surface area contributed by atoms with Crippen LogP contribution >= 0.6 is 0 Å². The largest absolute Gasteiger partial charge is 0.327 e. The molecule has 17 heavy (non-hydrogen) atoms. The number of hydrogen-bond donors (Lipinski definition) is 2. The molecule has 2 atom stereocenters. The van der Waals surface area contributed by atoms with E-state index in [1.807, 2.05) is 0 Å². The van der Waals surface area contributed by atoms with E-state index in [1.54, 1.807) is 5.57 Å². The van der Waals surface area contributed by atoms with E-state index in [4.69, 9.17) is 5.73 Å². The molecule has 0 bridgehead atoms. The summed E-state index contributed by atoms with van der Waals surface area (Å²) in [7, 11) is 0. The Morgan fingerprint density at radius 2 is 2.06 bits per heavy atom. The van der Waals surface area contributed by atoms with Gasteiger partial charge in [-0.3, -0.25) is 0 Å². The quantitative estimate of drug-likeness (QED) is 0.724. The molecule has 0 saturated carbocycles. The van der Waals surface area contributed by atoms with Crippen molar-refractivity contribution in [3.05, 3.63) is 47.0 Å². The predicted octanol–water partition coefficient (Wildman–Crippen LogP) is 2.31. The first-order valence-electron chi connectivity index (χ1n) is 6.60. The molecule has 0 spiro atoms. The van der Waals surface area contributed by atoms with Gasteiger partial charge in [-0.2, -0.15) is 0 Å². The zero-order chi connectivity index (χ0) is 11.7. The fourth-order valence-corrected chi connectivity index (χ4v) is 2.97. The number of rotatable bonds is 1. The van der Waals surface area contributed by atoms with Gasteiger partial charge in [-0.15, -0.1) is 0 Å². The van der Waals surface area contributed by atoms with Gasteiger partial charge in [0.2, 0.25) is 0 Å². The monoisotopic (exact) mass is 228 g/mol. The van der Waals surface area contributed by atoms with E-state index in [-0.39, 0.29) is 0 Å².